The summed E-state index contributed by atoms with van der Waals surface area (Å²) in [5, 5.41) is 17.9. The third-order valence-electron chi connectivity index (χ3n) is 4.47. The maximum Gasteiger partial charge on any atom is 0.284 e. The quantitative estimate of drug-likeness (QED) is 0.585. The number of carbonyl (C=O) groups excluding carboxylic acids is 1. The summed E-state index contributed by atoms with van der Waals surface area (Å²) in [5.41, 5.74) is 0.543. The van der Waals surface area contributed by atoms with Crippen molar-refractivity contribution in [1.82, 2.24) is 15.1 Å². The number of aliphatic hydroxyl groups is 1. The summed E-state index contributed by atoms with van der Waals surface area (Å²) in [6, 6.07) is 12.2. The predicted octanol–water partition coefficient (Wildman–Crippen LogP) is 4.36. The molecule has 6 nitrogen and oxygen atoms in total. The van der Waals surface area contributed by atoms with Gasteiger partial charge in [0.2, 0.25) is 0 Å². The summed E-state index contributed by atoms with van der Waals surface area (Å²) in [4.78, 5) is 25.9. The highest BCUT2D eigenvalue weighted by Crippen LogP contribution is 2.23. The van der Waals surface area contributed by atoms with E-state index in [9.17, 15) is 14.7 Å². The molecule has 2 atom stereocenters. The summed E-state index contributed by atoms with van der Waals surface area (Å²) in [6.07, 6.45) is -0.791. The number of halogens is 3. The Labute approximate surface area is 188 Å². The molecule has 0 radical (unpaired) electrons. The van der Waals surface area contributed by atoms with E-state index in [2.05, 4.69) is 10.4 Å². The second-order valence-electron chi connectivity index (χ2n) is 6.80. The largest absolute Gasteiger partial charge is 0.391 e. The van der Waals surface area contributed by atoms with Crippen molar-refractivity contribution in [3.63, 3.8) is 0 Å². The van der Waals surface area contributed by atoms with Crippen molar-refractivity contribution in [2.75, 3.05) is 0 Å². The van der Waals surface area contributed by atoms with E-state index in [1.807, 2.05) is 0 Å². The molecule has 0 saturated heterocycles. The SMILES string of the molecule is C[C@H](O)[C@H](C)NC(=O)c1cc(-c2ccc(Cl)cc2)nn(-c2cc(Cl)cc(Cl)c2)c1=O. The van der Waals surface area contributed by atoms with E-state index in [4.69, 9.17) is 34.8 Å². The monoisotopic (exact) mass is 465 g/mol. The van der Waals surface area contributed by atoms with Crippen LogP contribution in [0.2, 0.25) is 15.1 Å². The van der Waals surface area contributed by atoms with Crippen LogP contribution < -0.4 is 10.9 Å². The van der Waals surface area contributed by atoms with Gasteiger partial charge < -0.3 is 10.4 Å². The minimum Gasteiger partial charge on any atom is -0.391 e. The maximum absolute atomic E-state index is 13.1. The number of aromatic nitrogens is 2. The number of benzene rings is 2. The van der Waals surface area contributed by atoms with Crippen LogP contribution in [0.5, 0.6) is 0 Å². The van der Waals surface area contributed by atoms with Gasteiger partial charge in [-0.05, 0) is 50.2 Å². The number of rotatable bonds is 5. The molecule has 1 aromatic heterocycles. The lowest BCUT2D eigenvalue weighted by atomic mass is 10.1. The van der Waals surface area contributed by atoms with E-state index in [1.165, 1.54) is 24.3 Å². The molecule has 0 aliphatic carbocycles. The molecule has 0 unspecified atom stereocenters. The maximum atomic E-state index is 13.1. The first-order valence-electron chi connectivity index (χ1n) is 9.01. The molecular formula is C21H18Cl3N3O3. The third-order valence-corrected chi connectivity index (χ3v) is 5.16. The highest BCUT2D eigenvalue weighted by atomic mass is 35.5. The highest BCUT2D eigenvalue weighted by molar-refractivity contribution is 6.34. The topological polar surface area (TPSA) is 84.2 Å². The van der Waals surface area contributed by atoms with Crippen LogP contribution in [0.3, 0.4) is 0 Å². The zero-order valence-corrected chi connectivity index (χ0v) is 18.3. The fraction of sp³-hybridized carbons (Fsp3) is 0.190. The van der Waals surface area contributed by atoms with Crippen molar-refractivity contribution in [3.05, 3.63) is 79.5 Å². The summed E-state index contributed by atoms with van der Waals surface area (Å²) in [5.74, 6) is -0.632. The standard InChI is InChI=1S/C21H18Cl3N3O3/c1-11(12(2)28)25-20(29)18-10-19(13-3-5-14(22)6-4-13)26-27(21(18)30)17-8-15(23)7-16(24)9-17/h3-12,28H,1-2H3,(H,25,29)/t11-,12-/m0/s1. The molecule has 3 aromatic rings. The smallest absolute Gasteiger partial charge is 0.284 e. The lowest BCUT2D eigenvalue weighted by Gasteiger charge is -2.17. The first-order chi connectivity index (χ1) is 14.2. The third kappa shape index (κ3) is 5.02. The summed E-state index contributed by atoms with van der Waals surface area (Å²) in [7, 11) is 0. The Balaban J connectivity index is 2.20. The zero-order chi connectivity index (χ0) is 22.0. The van der Waals surface area contributed by atoms with Gasteiger partial charge in [-0.15, -0.1) is 0 Å². The van der Waals surface area contributed by atoms with Gasteiger partial charge in [0.15, 0.2) is 0 Å². The van der Waals surface area contributed by atoms with Gasteiger partial charge in [0, 0.05) is 20.6 Å². The molecule has 0 bridgehead atoms. The van der Waals surface area contributed by atoms with Crippen LogP contribution >= 0.6 is 34.8 Å². The lowest BCUT2D eigenvalue weighted by molar-refractivity contribution is 0.0871. The van der Waals surface area contributed by atoms with Crippen LogP contribution in [0.4, 0.5) is 0 Å². The number of carbonyl (C=O) groups is 1. The van der Waals surface area contributed by atoms with Crippen molar-refractivity contribution >= 4 is 40.7 Å². The Hall–Kier alpha value is -2.38. The van der Waals surface area contributed by atoms with E-state index in [0.29, 0.717) is 32.0 Å². The second-order valence-corrected chi connectivity index (χ2v) is 8.11. The van der Waals surface area contributed by atoms with Crippen LogP contribution in [-0.4, -0.2) is 32.9 Å². The molecule has 0 aliphatic heterocycles. The van der Waals surface area contributed by atoms with E-state index in [1.54, 1.807) is 38.1 Å². The van der Waals surface area contributed by atoms with E-state index in [-0.39, 0.29) is 5.56 Å². The van der Waals surface area contributed by atoms with Gasteiger partial charge in [0.25, 0.3) is 11.5 Å². The molecule has 1 amide bonds. The molecule has 0 fully saturated rings. The number of nitrogens with zero attached hydrogens (tertiary/aromatic N) is 2. The Morgan fingerprint density at radius 3 is 2.17 bits per heavy atom. The van der Waals surface area contributed by atoms with Gasteiger partial charge in [-0.25, -0.2) is 0 Å². The molecule has 0 saturated carbocycles. The summed E-state index contributed by atoms with van der Waals surface area (Å²) < 4.78 is 1.07. The average molecular weight is 467 g/mol. The second kappa shape index (κ2) is 9.18. The molecule has 3 rings (SSSR count). The van der Waals surface area contributed by atoms with Crippen molar-refractivity contribution in [1.29, 1.82) is 0 Å². The molecule has 9 heteroatoms. The minimum absolute atomic E-state index is 0.140. The Morgan fingerprint density at radius 1 is 1.00 bits per heavy atom. The van der Waals surface area contributed by atoms with Crippen LogP contribution in [0.1, 0.15) is 24.2 Å². The zero-order valence-electron chi connectivity index (χ0n) is 16.1. The number of nitrogens with one attached hydrogen (secondary N) is 1. The van der Waals surface area contributed by atoms with Gasteiger partial charge in [-0.3, -0.25) is 9.59 Å². The number of aliphatic hydroxyl groups excluding tert-OH is 1. The summed E-state index contributed by atoms with van der Waals surface area (Å²) >= 11 is 18.1. The van der Waals surface area contributed by atoms with E-state index >= 15 is 0 Å². The average Bonchev–Trinajstić information content (AvgIpc) is 2.67. The Bertz CT molecular complexity index is 1120. The lowest BCUT2D eigenvalue weighted by Crippen LogP contribution is -2.42. The van der Waals surface area contributed by atoms with Gasteiger partial charge in [-0.1, -0.05) is 46.9 Å². The van der Waals surface area contributed by atoms with Crippen molar-refractivity contribution in [2.45, 2.75) is 26.0 Å². The number of hydrogen-bond acceptors (Lipinski definition) is 4. The Kier molecular flexibility index (Phi) is 6.83. The van der Waals surface area contributed by atoms with Crippen LogP contribution in [-0.2, 0) is 0 Å². The van der Waals surface area contributed by atoms with E-state index in [0.717, 1.165) is 4.68 Å². The Morgan fingerprint density at radius 2 is 1.60 bits per heavy atom. The predicted molar refractivity (Wildman–Crippen MR) is 119 cm³/mol. The normalized spacial score (nSPS) is 13.0. The number of amides is 1. The van der Waals surface area contributed by atoms with Crippen LogP contribution in [0.15, 0.2) is 53.3 Å². The molecule has 1 heterocycles. The molecule has 0 spiro atoms. The van der Waals surface area contributed by atoms with Crippen molar-refractivity contribution < 1.29 is 9.90 Å². The first kappa shape index (κ1) is 22.3. The summed E-state index contributed by atoms with van der Waals surface area (Å²) in [6.45, 7) is 3.18. The fourth-order valence-corrected chi connectivity index (χ4v) is 3.30. The molecule has 2 aromatic carbocycles. The van der Waals surface area contributed by atoms with Gasteiger partial charge in [-0.2, -0.15) is 9.78 Å². The van der Waals surface area contributed by atoms with Gasteiger partial charge in [0.05, 0.1) is 23.5 Å². The van der Waals surface area contributed by atoms with Crippen LogP contribution in [0, 0.1) is 0 Å². The van der Waals surface area contributed by atoms with Crippen molar-refractivity contribution in [2.24, 2.45) is 0 Å². The molecule has 30 heavy (non-hydrogen) atoms. The number of hydrogen-bond donors (Lipinski definition) is 2. The first-order valence-corrected chi connectivity index (χ1v) is 10.1. The van der Waals surface area contributed by atoms with E-state index < -0.39 is 23.6 Å². The minimum atomic E-state index is -0.791. The highest BCUT2D eigenvalue weighted by Gasteiger charge is 2.20. The molecule has 156 valence electrons. The molecule has 0 aliphatic rings. The molecule has 2 N–H and O–H groups in total. The fourth-order valence-electron chi connectivity index (χ4n) is 2.66. The van der Waals surface area contributed by atoms with Crippen LogP contribution in [0.25, 0.3) is 16.9 Å². The molecular weight excluding hydrogens is 449 g/mol. The van der Waals surface area contributed by atoms with Gasteiger partial charge in [0.1, 0.15) is 5.56 Å². The van der Waals surface area contributed by atoms with Crippen molar-refractivity contribution in [3.8, 4) is 16.9 Å². The van der Waals surface area contributed by atoms with Gasteiger partial charge >= 0.3 is 0 Å².